The number of ether oxygens (including phenoxy) is 1. The molecule has 0 aromatic heterocycles. The van der Waals surface area contributed by atoms with Gasteiger partial charge >= 0.3 is 0 Å². The topological polar surface area (TPSA) is 34.0 Å². The van der Waals surface area contributed by atoms with Crippen molar-refractivity contribution in [2.75, 3.05) is 7.11 Å². The Hall–Kier alpha value is -1.12. The van der Waals surface area contributed by atoms with Crippen LogP contribution < -0.4 is 0 Å². The molecule has 0 aliphatic rings. The summed E-state index contributed by atoms with van der Waals surface area (Å²) in [6, 6.07) is 0. The van der Waals surface area contributed by atoms with Crippen LogP contribution in [0.25, 0.3) is 0 Å². The molecule has 0 saturated carbocycles. The molecule has 0 fully saturated rings. The van der Waals surface area contributed by atoms with Crippen LogP contribution >= 0.6 is 0 Å². The molecule has 0 spiro atoms. The van der Waals surface area contributed by atoms with Gasteiger partial charge in [0.25, 0.3) is 0 Å². The first-order chi connectivity index (χ1) is 5.17. The van der Waals surface area contributed by atoms with Crippen LogP contribution in [0.4, 0.5) is 0 Å². The van der Waals surface area contributed by atoms with Gasteiger partial charge in [0.05, 0.1) is 7.11 Å². The molecule has 0 N–H and O–H groups in total. The Balaban J connectivity index is 4.76. The van der Waals surface area contributed by atoms with Crippen LogP contribution in [0.3, 0.4) is 0 Å². The zero-order valence-corrected chi connectivity index (χ0v) is 7.29. The first-order valence-corrected chi connectivity index (χ1v) is 3.39. The Bertz CT molecular complexity index is 183. The van der Waals surface area contributed by atoms with Crippen LogP contribution in [0.5, 0.6) is 0 Å². The van der Waals surface area contributed by atoms with E-state index < -0.39 is 0 Å². The third kappa shape index (κ3) is 2.53. The van der Waals surface area contributed by atoms with E-state index in [1.54, 1.807) is 0 Å². The maximum atomic E-state index is 4.93. The molecule has 62 valence electrons. The molecule has 0 aliphatic heterocycles. The van der Waals surface area contributed by atoms with E-state index in [0.29, 0.717) is 5.88 Å². The van der Waals surface area contributed by atoms with Gasteiger partial charge < -0.3 is 4.74 Å². The molecule has 0 heterocycles. The molecule has 3 nitrogen and oxygen atoms in total. The van der Waals surface area contributed by atoms with E-state index in [9.17, 15) is 0 Å². The minimum absolute atomic E-state index is 0.257. The molecule has 0 aliphatic carbocycles. The smallest absolute Gasteiger partial charge is 0.234 e. The van der Waals surface area contributed by atoms with Crippen molar-refractivity contribution in [2.24, 2.45) is 15.9 Å². The highest BCUT2D eigenvalue weighted by molar-refractivity contribution is 5.33. The Morgan fingerprint density at radius 3 is 1.91 bits per heavy atom. The van der Waals surface area contributed by atoms with Crippen LogP contribution in [0.1, 0.15) is 13.8 Å². The Morgan fingerprint density at radius 1 is 1.27 bits per heavy atom. The lowest BCUT2D eigenvalue weighted by Gasteiger charge is -2.07. The number of allylic oxidation sites excluding steroid dienone is 1. The summed E-state index contributed by atoms with van der Waals surface area (Å²) in [5.74, 6) is 0.711. The molecule has 0 radical (unpaired) electrons. The van der Waals surface area contributed by atoms with E-state index >= 15 is 0 Å². The van der Waals surface area contributed by atoms with Crippen molar-refractivity contribution in [2.45, 2.75) is 13.8 Å². The van der Waals surface area contributed by atoms with Gasteiger partial charge in [-0.1, -0.05) is 13.8 Å². The van der Waals surface area contributed by atoms with Gasteiger partial charge in [0.15, 0.2) is 0 Å². The average molecular weight is 154 g/mol. The van der Waals surface area contributed by atoms with Crippen LogP contribution in [0.2, 0.25) is 0 Å². The maximum absolute atomic E-state index is 4.93. The number of hydrogen-bond acceptors (Lipinski definition) is 3. The van der Waals surface area contributed by atoms with E-state index in [1.807, 2.05) is 13.8 Å². The third-order valence-electron chi connectivity index (χ3n) is 1.27. The fourth-order valence-corrected chi connectivity index (χ4v) is 0.747. The molecule has 0 bridgehead atoms. The van der Waals surface area contributed by atoms with Crippen molar-refractivity contribution in [3.63, 3.8) is 0 Å². The summed E-state index contributed by atoms with van der Waals surface area (Å²) in [5.41, 5.74) is 0.738. The van der Waals surface area contributed by atoms with Crippen molar-refractivity contribution in [1.29, 1.82) is 0 Å². The van der Waals surface area contributed by atoms with Crippen LogP contribution in [0.15, 0.2) is 21.6 Å². The van der Waals surface area contributed by atoms with Crippen molar-refractivity contribution < 1.29 is 4.74 Å². The van der Waals surface area contributed by atoms with Gasteiger partial charge in [-0.3, -0.25) is 4.99 Å². The zero-order chi connectivity index (χ0) is 8.85. The van der Waals surface area contributed by atoms with Crippen LogP contribution in [-0.4, -0.2) is 20.5 Å². The molecule has 0 unspecified atom stereocenters. The Kier molecular flexibility index (Phi) is 4.18. The Morgan fingerprint density at radius 2 is 1.82 bits per heavy atom. The second-order valence-corrected chi connectivity index (χ2v) is 2.37. The van der Waals surface area contributed by atoms with E-state index in [-0.39, 0.29) is 5.92 Å². The Labute approximate surface area is 67.5 Å². The van der Waals surface area contributed by atoms with E-state index in [2.05, 4.69) is 23.4 Å². The molecule has 0 amide bonds. The first kappa shape index (κ1) is 9.88. The van der Waals surface area contributed by atoms with Crippen molar-refractivity contribution >= 4 is 13.4 Å². The number of rotatable bonds is 4. The minimum atomic E-state index is 0.257. The van der Waals surface area contributed by atoms with Gasteiger partial charge in [0, 0.05) is 5.92 Å². The second kappa shape index (κ2) is 4.66. The summed E-state index contributed by atoms with van der Waals surface area (Å²) >= 11 is 0. The molecule has 0 saturated heterocycles. The normalized spacial score (nSPS) is 12.4. The molecule has 11 heavy (non-hydrogen) atoms. The van der Waals surface area contributed by atoms with Crippen molar-refractivity contribution in [1.82, 2.24) is 0 Å². The van der Waals surface area contributed by atoms with E-state index in [4.69, 9.17) is 4.74 Å². The summed E-state index contributed by atoms with van der Waals surface area (Å²) in [4.78, 5) is 7.47. The SMILES string of the molecule is C=N/C(OC)=C(\N=C)C(C)C. The maximum Gasteiger partial charge on any atom is 0.234 e. The fourth-order valence-electron chi connectivity index (χ4n) is 0.747. The molecule has 0 rings (SSSR count). The molecular weight excluding hydrogens is 140 g/mol. The van der Waals surface area contributed by atoms with Gasteiger partial charge in [-0.15, -0.1) is 0 Å². The van der Waals surface area contributed by atoms with E-state index in [0.717, 1.165) is 5.70 Å². The molecule has 0 aromatic rings. The summed E-state index contributed by atoms with van der Waals surface area (Å²) in [7, 11) is 1.54. The summed E-state index contributed by atoms with van der Waals surface area (Å²) in [6.07, 6.45) is 0. The monoisotopic (exact) mass is 154 g/mol. The van der Waals surface area contributed by atoms with Crippen molar-refractivity contribution in [3.8, 4) is 0 Å². The molecule has 0 atom stereocenters. The van der Waals surface area contributed by atoms with Crippen molar-refractivity contribution in [3.05, 3.63) is 11.6 Å². The standard InChI is InChI=1S/C8H14N2O/c1-6(2)7(9-3)8(10-4)11-5/h6H,3-4H2,1-2,5H3/b8-7+. The highest BCUT2D eigenvalue weighted by atomic mass is 16.5. The number of aliphatic imine (C=N–C) groups is 2. The average Bonchev–Trinajstić information content (AvgIpc) is 1.99. The van der Waals surface area contributed by atoms with Gasteiger partial charge in [-0.25, -0.2) is 4.99 Å². The van der Waals surface area contributed by atoms with Gasteiger partial charge in [0.1, 0.15) is 5.70 Å². The zero-order valence-electron chi connectivity index (χ0n) is 7.29. The number of nitrogens with zero attached hydrogens (tertiary/aromatic N) is 2. The summed E-state index contributed by atoms with van der Waals surface area (Å²) in [6.45, 7) is 10.8. The quantitative estimate of drug-likeness (QED) is 0.449. The second-order valence-electron chi connectivity index (χ2n) is 2.37. The molecule has 0 aromatic carbocycles. The molecule has 3 heteroatoms. The van der Waals surface area contributed by atoms with Crippen LogP contribution in [-0.2, 0) is 4.74 Å². The lowest BCUT2D eigenvalue weighted by Crippen LogP contribution is -1.97. The lowest BCUT2D eigenvalue weighted by atomic mass is 10.1. The van der Waals surface area contributed by atoms with E-state index in [1.165, 1.54) is 7.11 Å². The largest absolute Gasteiger partial charge is 0.480 e. The van der Waals surface area contributed by atoms with Gasteiger partial charge in [-0.05, 0) is 13.4 Å². The molecular formula is C8H14N2O. The predicted octanol–water partition coefficient (Wildman–Crippen LogP) is 1.86. The minimum Gasteiger partial charge on any atom is -0.480 e. The lowest BCUT2D eigenvalue weighted by molar-refractivity contribution is 0.279. The summed E-state index contributed by atoms with van der Waals surface area (Å²) < 4.78 is 4.93. The number of methoxy groups -OCH3 is 1. The van der Waals surface area contributed by atoms with Gasteiger partial charge in [0.2, 0.25) is 5.88 Å². The number of hydrogen-bond donors (Lipinski definition) is 0. The fraction of sp³-hybridized carbons (Fsp3) is 0.500. The summed E-state index contributed by atoms with van der Waals surface area (Å²) in [5, 5.41) is 0. The highest BCUT2D eigenvalue weighted by Crippen LogP contribution is 2.16. The van der Waals surface area contributed by atoms with Crippen LogP contribution in [0, 0.1) is 5.92 Å². The third-order valence-corrected chi connectivity index (χ3v) is 1.27. The van der Waals surface area contributed by atoms with Gasteiger partial charge in [-0.2, -0.15) is 0 Å². The first-order valence-electron chi connectivity index (χ1n) is 3.39. The predicted molar refractivity (Wildman–Crippen MR) is 48.0 cm³/mol. The highest BCUT2D eigenvalue weighted by Gasteiger charge is 2.07.